The third-order valence-electron chi connectivity index (χ3n) is 5.55. The number of rotatable bonds is 9. The summed E-state index contributed by atoms with van der Waals surface area (Å²) in [6.45, 7) is 4.24. The van der Waals surface area contributed by atoms with E-state index in [1.165, 1.54) is 5.56 Å². The molecule has 0 aromatic heterocycles. The first-order chi connectivity index (χ1) is 15.1. The van der Waals surface area contributed by atoms with Crippen molar-refractivity contribution in [2.75, 3.05) is 54.1 Å². The molecule has 0 atom stereocenters. The number of hydrogen-bond donors (Lipinski definition) is 0. The fourth-order valence-corrected chi connectivity index (χ4v) is 3.77. The van der Waals surface area contributed by atoms with Crippen LogP contribution in [0.5, 0.6) is 17.2 Å². The summed E-state index contributed by atoms with van der Waals surface area (Å²) in [7, 11) is 4.78. The number of ether oxygens (including phenoxy) is 3. The summed E-state index contributed by atoms with van der Waals surface area (Å²) < 4.78 is 16.2. The Morgan fingerprint density at radius 2 is 1.58 bits per heavy atom. The Morgan fingerprint density at radius 3 is 2.16 bits per heavy atom. The van der Waals surface area contributed by atoms with Crippen LogP contribution in [-0.2, 0) is 11.2 Å². The van der Waals surface area contributed by atoms with Gasteiger partial charge in [-0.1, -0.05) is 42.5 Å². The third-order valence-corrected chi connectivity index (χ3v) is 5.55. The predicted molar refractivity (Wildman–Crippen MR) is 123 cm³/mol. The van der Waals surface area contributed by atoms with E-state index in [0.717, 1.165) is 38.3 Å². The van der Waals surface area contributed by atoms with Crippen LogP contribution in [0.25, 0.3) is 6.08 Å². The third kappa shape index (κ3) is 6.25. The van der Waals surface area contributed by atoms with Crippen molar-refractivity contribution in [3.05, 3.63) is 59.7 Å². The highest BCUT2D eigenvalue weighted by Gasteiger charge is 2.21. The molecule has 1 amide bonds. The lowest BCUT2D eigenvalue weighted by Gasteiger charge is -2.34. The molecule has 1 aliphatic rings. The molecular weight excluding hydrogens is 392 g/mol. The van der Waals surface area contributed by atoms with Gasteiger partial charge in [-0.05, 0) is 29.7 Å². The Kier molecular flexibility index (Phi) is 8.35. The van der Waals surface area contributed by atoms with Crippen LogP contribution in [0.2, 0.25) is 0 Å². The maximum Gasteiger partial charge on any atom is 0.222 e. The van der Waals surface area contributed by atoms with Crippen molar-refractivity contribution in [3.8, 4) is 17.2 Å². The van der Waals surface area contributed by atoms with E-state index in [2.05, 4.69) is 29.2 Å². The normalized spacial score (nSPS) is 14.6. The molecule has 1 heterocycles. The average molecular weight is 425 g/mol. The van der Waals surface area contributed by atoms with Gasteiger partial charge < -0.3 is 19.1 Å². The Labute approximate surface area is 185 Å². The van der Waals surface area contributed by atoms with Crippen molar-refractivity contribution >= 4 is 12.0 Å². The van der Waals surface area contributed by atoms with Crippen molar-refractivity contribution in [2.45, 2.75) is 12.8 Å². The molecule has 0 bridgehead atoms. The molecule has 0 unspecified atom stereocenters. The molecule has 1 saturated heterocycles. The number of nitrogens with zero attached hydrogens (tertiary/aromatic N) is 2. The second-order valence-corrected chi connectivity index (χ2v) is 7.53. The van der Waals surface area contributed by atoms with E-state index in [1.54, 1.807) is 21.3 Å². The average Bonchev–Trinajstić information content (AvgIpc) is 2.82. The van der Waals surface area contributed by atoms with Crippen LogP contribution in [0.3, 0.4) is 0 Å². The Bertz CT molecular complexity index is 849. The van der Waals surface area contributed by atoms with E-state index in [0.29, 0.717) is 30.1 Å². The Hall–Kier alpha value is -2.99. The lowest BCUT2D eigenvalue weighted by atomic mass is 10.1. The monoisotopic (exact) mass is 424 g/mol. The van der Waals surface area contributed by atoms with Crippen molar-refractivity contribution in [1.82, 2.24) is 9.80 Å². The van der Waals surface area contributed by atoms with Crippen LogP contribution in [0.1, 0.15) is 17.5 Å². The van der Waals surface area contributed by atoms with Gasteiger partial charge >= 0.3 is 0 Å². The summed E-state index contributed by atoms with van der Waals surface area (Å²) in [5.41, 5.74) is 2.20. The highest BCUT2D eigenvalue weighted by Crippen LogP contribution is 2.38. The van der Waals surface area contributed by atoms with Gasteiger partial charge in [0.2, 0.25) is 11.7 Å². The van der Waals surface area contributed by atoms with Gasteiger partial charge in [-0.2, -0.15) is 0 Å². The number of carbonyl (C=O) groups excluding carboxylic acids is 1. The van der Waals surface area contributed by atoms with E-state index in [4.69, 9.17) is 14.2 Å². The van der Waals surface area contributed by atoms with Crippen molar-refractivity contribution < 1.29 is 19.0 Å². The van der Waals surface area contributed by atoms with Gasteiger partial charge in [0.1, 0.15) is 0 Å². The highest BCUT2D eigenvalue weighted by atomic mass is 16.5. The number of amides is 1. The molecule has 0 radical (unpaired) electrons. The first kappa shape index (κ1) is 22.7. The van der Waals surface area contributed by atoms with Crippen LogP contribution in [0.4, 0.5) is 0 Å². The van der Waals surface area contributed by atoms with Crippen molar-refractivity contribution in [2.24, 2.45) is 0 Å². The summed E-state index contributed by atoms with van der Waals surface area (Å²) in [6, 6.07) is 14.1. The SMILES string of the molecule is COc1cc(CCC(=O)N2CCN(C/C=C/c3ccccc3)CC2)cc(OC)c1OC. The van der Waals surface area contributed by atoms with E-state index >= 15 is 0 Å². The zero-order valence-corrected chi connectivity index (χ0v) is 18.7. The molecule has 166 valence electrons. The summed E-state index contributed by atoms with van der Waals surface area (Å²) in [5, 5.41) is 0. The minimum Gasteiger partial charge on any atom is -0.493 e. The van der Waals surface area contributed by atoms with E-state index in [1.807, 2.05) is 35.2 Å². The highest BCUT2D eigenvalue weighted by molar-refractivity contribution is 5.76. The fraction of sp³-hybridized carbons (Fsp3) is 0.400. The van der Waals surface area contributed by atoms with E-state index < -0.39 is 0 Å². The lowest BCUT2D eigenvalue weighted by molar-refractivity contribution is -0.132. The molecular formula is C25H32N2O4. The van der Waals surface area contributed by atoms with Crippen LogP contribution < -0.4 is 14.2 Å². The Balaban J connectivity index is 1.46. The molecule has 2 aromatic carbocycles. The van der Waals surface area contributed by atoms with Crippen LogP contribution >= 0.6 is 0 Å². The zero-order chi connectivity index (χ0) is 22.1. The molecule has 3 rings (SSSR count). The molecule has 31 heavy (non-hydrogen) atoms. The van der Waals surface area contributed by atoms with Gasteiger partial charge in [-0.15, -0.1) is 0 Å². The number of benzene rings is 2. The first-order valence-electron chi connectivity index (χ1n) is 10.6. The first-order valence-corrected chi connectivity index (χ1v) is 10.6. The minimum atomic E-state index is 0.188. The number of piperazine rings is 1. The van der Waals surface area contributed by atoms with Gasteiger partial charge in [0.05, 0.1) is 21.3 Å². The Morgan fingerprint density at radius 1 is 0.935 bits per heavy atom. The molecule has 1 fully saturated rings. The molecule has 0 N–H and O–H groups in total. The largest absolute Gasteiger partial charge is 0.493 e. The standard InChI is InChI=1S/C25H32N2O4/c1-29-22-18-21(19-23(30-2)25(22)31-3)11-12-24(28)27-16-14-26(15-17-27)13-7-10-20-8-5-4-6-9-20/h4-10,18-19H,11-17H2,1-3H3/b10-7+. The number of methoxy groups -OCH3 is 3. The molecule has 6 heteroatoms. The lowest BCUT2D eigenvalue weighted by Crippen LogP contribution is -2.48. The van der Waals surface area contributed by atoms with Crippen molar-refractivity contribution in [3.63, 3.8) is 0 Å². The summed E-state index contributed by atoms with van der Waals surface area (Å²) in [6.07, 6.45) is 5.44. The summed E-state index contributed by atoms with van der Waals surface area (Å²) in [5.74, 6) is 1.98. The smallest absolute Gasteiger partial charge is 0.222 e. The van der Waals surface area contributed by atoms with E-state index in [-0.39, 0.29) is 5.91 Å². The molecule has 1 aliphatic heterocycles. The summed E-state index contributed by atoms with van der Waals surface area (Å²) >= 11 is 0. The van der Waals surface area contributed by atoms with Crippen molar-refractivity contribution in [1.29, 1.82) is 0 Å². The van der Waals surface area contributed by atoms with Crippen LogP contribution in [0, 0.1) is 0 Å². The maximum absolute atomic E-state index is 12.7. The predicted octanol–water partition coefficient (Wildman–Crippen LogP) is 3.50. The molecule has 6 nitrogen and oxygen atoms in total. The fourth-order valence-electron chi connectivity index (χ4n) is 3.77. The number of carbonyl (C=O) groups is 1. The van der Waals surface area contributed by atoms with Gasteiger partial charge in [0.15, 0.2) is 11.5 Å². The van der Waals surface area contributed by atoms with E-state index in [9.17, 15) is 4.79 Å². The zero-order valence-electron chi connectivity index (χ0n) is 18.7. The molecule has 0 saturated carbocycles. The molecule has 2 aromatic rings. The summed E-state index contributed by atoms with van der Waals surface area (Å²) in [4.78, 5) is 17.1. The second kappa shape index (κ2) is 11.4. The maximum atomic E-state index is 12.7. The van der Waals surface area contributed by atoms with Gasteiger partial charge in [0.25, 0.3) is 0 Å². The molecule has 0 spiro atoms. The minimum absolute atomic E-state index is 0.188. The number of hydrogen-bond acceptors (Lipinski definition) is 5. The van der Waals surface area contributed by atoms with Crippen LogP contribution in [0.15, 0.2) is 48.5 Å². The van der Waals surface area contributed by atoms with Crippen LogP contribution in [-0.4, -0.2) is 69.8 Å². The topological polar surface area (TPSA) is 51.2 Å². The number of aryl methyl sites for hydroxylation is 1. The van der Waals surface area contributed by atoms with Gasteiger partial charge in [-0.3, -0.25) is 9.69 Å². The van der Waals surface area contributed by atoms with Gasteiger partial charge in [-0.25, -0.2) is 0 Å². The molecule has 0 aliphatic carbocycles. The second-order valence-electron chi connectivity index (χ2n) is 7.53. The van der Waals surface area contributed by atoms with Gasteiger partial charge in [0, 0.05) is 39.1 Å². The quantitative estimate of drug-likeness (QED) is 0.617.